The van der Waals surface area contributed by atoms with Crippen LogP contribution >= 0.6 is 35.1 Å². The van der Waals surface area contributed by atoms with Gasteiger partial charge >= 0.3 is 0 Å². The molecule has 0 amide bonds. The van der Waals surface area contributed by atoms with Gasteiger partial charge in [-0.25, -0.2) is 0 Å². The quantitative estimate of drug-likeness (QED) is 0.894. The van der Waals surface area contributed by atoms with Crippen molar-refractivity contribution >= 4 is 40.9 Å². The smallest absolute Gasteiger partial charge is 0.186 e. The topological polar surface area (TPSA) is 37.8 Å². The van der Waals surface area contributed by atoms with Gasteiger partial charge in [-0.05, 0) is 30.3 Å². The molecule has 0 aliphatic carbocycles. The first-order valence-corrected chi connectivity index (χ1v) is 6.92. The van der Waals surface area contributed by atoms with E-state index in [1.54, 1.807) is 0 Å². The lowest BCUT2D eigenvalue weighted by Gasteiger charge is -2.21. The zero-order chi connectivity index (χ0) is 9.80. The molecule has 1 N–H and O–H groups in total. The highest BCUT2D eigenvalue weighted by molar-refractivity contribution is 7.99. The number of anilines is 1. The van der Waals surface area contributed by atoms with Crippen LogP contribution in [-0.2, 0) is 0 Å². The van der Waals surface area contributed by atoms with Gasteiger partial charge < -0.3 is 5.32 Å². The Morgan fingerprint density at radius 2 is 2.14 bits per heavy atom. The minimum Gasteiger partial charge on any atom is -0.366 e. The van der Waals surface area contributed by atoms with Crippen molar-refractivity contribution in [1.29, 1.82) is 0 Å². The highest BCUT2D eigenvalue weighted by Gasteiger charge is 2.14. The zero-order valence-electron chi connectivity index (χ0n) is 7.70. The molecule has 1 aromatic rings. The molecule has 0 bridgehead atoms. The van der Waals surface area contributed by atoms with Crippen molar-refractivity contribution in [2.75, 3.05) is 23.4 Å². The third kappa shape index (κ3) is 2.74. The number of hydrogen-bond donors (Lipinski definition) is 1. The molecule has 1 aromatic heterocycles. The number of hydrogen-bond acceptors (Lipinski definition) is 5. The fourth-order valence-corrected chi connectivity index (χ4v) is 3.36. The number of thioether (sulfide) groups is 1. The summed E-state index contributed by atoms with van der Waals surface area (Å²) in [6, 6.07) is 0. The second-order valence-corrected chi connectivity index (χ2v) is 5.45. The van der Waals surface area contributed by atoms with E-state index in [1.165, 1.54) is 24.3 Å². The van der Waals surface area contributed by atoms with Crippen molar-refractivity contribution in [2.24, 2.45) is 5.92 Å². The monoisotopic (exact) mass is 249 g/mol. The van der Waals surface area contributed by atoms with Crippen LogP contribution in [0, 0.1) is 5.92 Å². The molecular formula is C8H12ClN3S2. The molecule has 78 valence electrons. The molecule has 0 spiro atoms. The van der Waals surface area contributed by atoms with Gasteiger partial charge in [-0.15, -0.1) is 0 Å². The van der Waals surface area contributed by atoms with E-state index < -0.39 is 0 Å². The average molecular weight is 250 g/mol. The second kappa shape index (κ2) is 5.19. The summed E-state index contributed by atoms with van der Waals surface area (Å²) >= 11 is 9.03. The molecule has 0 radical (unpaired) electrons. The van der Waals surface area contributed by atoms with Gasteiger partial charge in [0.05, 0.1) is 11.7 Å². The minimum atomic E-state index is 0.500. The summed E-state index contributed by atoms with van der Waals surface area (Å²) in [6.45, 7) is 0.978. The highest BCUT2D eigenvalue weighted by atomic mass is 35.5. The molecule has 2 heterocycles. The predicted molar refractivity (Wildman–Crippen MR) is 63.5 cm³/mol. The maximum Gasteiger partial charge on any atom is 0.186 e. The Bertz CT molecular complexity index is 286. The van der Waals surface area contributed by atoms with E-state index in [4.69, 9.17) is 11.6 Å². The van der Waals surface area contributed by atoms with Crippen LogP contribution in [0.15, 0.2) is 0 Å². The number of halogens is 1. The molecular weight excluding hydrogens is 238 g/mol. The Labute approximate surface area is 97.0 Å². The standard InChI is InChI=1S/C8H12ClN3S2/c9-7-8(12-14-11-7)10-5-6-1-3-13-4-2-6/h6H,1-5H2,(H,10,12). The van der Waals surface area contributed by atoms with Gasteiger partial charge in [-0.2, -0.15) is 20.5 Å². The molecule has 0 aromatic carbocycles. The van der Waals surface area contributed by atoms with E-state index in [-0.39, 0.29) is 0 Å². The van der Waals surface area contributed by atoms with Crippen molar-refractivity contribution < 1.29 is 0 Å². The molecule has 1 fully saturated rings. The Morgan fingerprint density at radius 1 is 1.36 bits per heavy atom. The average Bonchev–Trinajstić information content (AvgIpc) is 2.63. The molecule has 1 saturated heterocycles. The third-order valence-electron chi connectivity index (χ3n) is 2.35. The van der Waals surface area contributed by atoms with E-state index in [2.05, 4.69) is 14.1 Å². The van der Waals surface area contributed by atoms with Crippen molar-refractivity contribution in [2.45, 2.75) is 12.8 Å². The van der Waals surface area contributed by atoms with Crippen molar-refractivity contribution in [3.63, 3.8) is 0 Å². The first-order valence-electron chi connectivity index (χ1n) is 4.66. The fourth-order valence-electron chi connectivity index (χ4n) is 1.47. The van der Waals surface area contributed by atoms with Crippen LogP contribution in [0.2, 0.25) is 5.15 Å². The maximum absolute atomic E-state index is 5.83. The lowest BCUT2D eigenvalue weighted by Crippen LogP contribution is -2.19. The van der Waals surface area contributed by atoms with Crippen molar-refractivity contribution in [1.82, 2.24) is 8.75 Å². The van der Waals surface area contributed by atoms with Gasteiger partial charge in [0.25, 0.3) is 0 Å². The third-order valence-corrected chi connectivity index (χ3v) is 4.29. The summed E-state index contributed by atoms with van der Waals surface area (Å²) in [7, 11) is 0. The lowest BCUT2D eigenvalue weighted by molar-refractivity contribution is 0.515. The largest absolute Gasteiger partial charge is 0.366 e. The van der Waals surface area contributed by atoms with Gasteiger partial charge in [0.2, 0.25) is 0 Å². The molecule has 0 atom stereocenters. The van der Waals surface area contributed by atoms with Crippen molar-refractivity contribution in [3.8, 4) is 0 Å². The molecule has 1 aliphatic heterocycles. The number of nitrogens with one attached hydrogen (secondary N) is 1. The summed E-state index contributed by atoms with van der Waals surface area (Å²) < 4.78 is 7.99. The van der Waals surface area contributed by atoms with E-state index in [0.29, 0.717) is 5.15 Å². The molecule has 3 nitrogen and oxygen atoms in total. The number of nitrogens with zero attached hydrogens (tertiary/aromatic N) is 2. The van der Waals surface area contributed by atoms with Gasteiger partial charge in [-0.1, -0.05) is 11.6 Å². The van der Waals surface area contributed by atoms with Crippen LogP contribution in [0.1, 0.15) is 12.8 Å². The summed E-state index contributed by atoms with van der Waals surface area (Å²) in [4.78, 5) is 0. The summed E-state index contributed by atoms with van der Waals surface area (Å²) in [5.74, 6) is 4.09. The van der Waals surface area contributed by atoms with E-state index in [1.807, 2.05) is 11.8 Å². The number of aromatic nitrogens is 2. The summed E-state index contributed by atoms with van der Waals surface area (Å²) in [6.07, 6.45) is 2.60. The number of rotatable bonds is 3. The van der Waals surface area contributed by atoms with Crippen LogP contribution in [0.25, 0.3) is 0 Å². The SMILES string of the molecule is Clc1nsnc1NCC1CCSCC1. The second-order valence-electron chi connectivity index (χ2n) is 3.34. The lowest BCUT2D eigenvalue weighted by atomic mass is 10.0. The minimum absolute atomic E-state index is 0.500. The zero-order valence-corrected chi connectivity index (χ0v) is 10.1. The molecule has 1 aliphatic rings. The van der Waals surface area contributed by atoms with Gasteiger partial charge in [0.1, 0.15) is 0 Å². The summed E-state index contributed by atoms with van der Waals surface area (Å²) in [5.41, 5.74) is 0. The van der Waals surface area contributed by atoms with Crippen LogP contribution in [0.4, 0.5) is 5.82 Å². The molecule has 0 saturated carbocycles. The molecule has 2 rings (SSSR count). The predicted octanol–water partition coefficient (Wildman–Crippen LogP) is 2.75. The first kappa shape index (κ1) is 10.5. The first-order chi connectivity index (χ1) is 6.86. The Morgan fingerprint density at radius 3 is 2.79 bits per heavy atom. The van der Waals surface area contributed by atoms with Gasteiger partial charge in [0, 0.05) is 6.54 Å². The van der Waals surface area contributed by atoms with Gasteiger partial charge in [0.15, 0.2) is 11.0 Å². The van der Waals surface area contributed by atoms with E-state index >= 15 is 0 Å². The van der Waals surface area contributed by atoms with Crippen LogP contribution < -0.4 is 5.32 Å². The van der Waals surface area contributed by atoms with E-state index in [0.717, 1.165) is 30.0 Å². The normalized spacial score (nSPS) is 18.4. The fraction of sp³-hybridized carbons (Fsp3) is 0.750. The van der Waals surface area contributed by atoms with E-state index in [9.17, 15) is 0 Å². The van der Waals surface area contributed by atoms with Crippen LogP contribution in [-0.4, -0.2) is 26.8 Å². The van der Waals surface area contributed by atoms with Gasteiger partial charge in [-0.3, -0.25) is 0 Å². The van der Waals surface area contributed by atoms with Crippen LogP contribution in [0.5, 0.6) is 0 Å². The summed E-state index contributed by atoms with van der Waals surface area (Å²) in [5, 5.41) is 3.76. The molecule has 14 heavy (non-hydrogen) atoms. The Balaban J connectivity index is 1.79. The molecule has 6 heteroatoms. The highest BCUT2D eigenvalue weighted by Crippen LogP contribution is 2.24. The van der Waals surface area contributed by atoms with Crippen LogP contribution in [0.3, 0.4) is 0 Å². The Hall–Kier alpha value is -0.000000000000000111. The molecule has 0 unspecified atom stereocenters. The Kier molecular flexibility index (Phi) is 3.89. The maximum atomic E-state index is 5.83. The van der Waals surface area contributed by atoms with Crippen molar-refractivity contribution in [3.05, 3.63) is 5.15 Å².